The number of carboxylic acid groups (broad SMARTS) is 1. The Labute approximate surface area is 70.2 Å². The highest BCUT2D eigenvalue weighted by Crippen LogP contribution is 2.19. The van der Waals surface area contributed by atoms with Crippen LogP contribution in [-0.4, -0.2) is 17.0 Å². The first-order valence-corrected chi connectivity index (χ1v) is 3.94. The number of hydrogen-bond donors (Lipinski definition) is 1. The number of halogens is 1. The van der Waals surface area contributed by atoms with E-state index in [1.54, 1.807) is 12.2 Å². The van der Waals surface area contributed by atoms with E-state index in [0.29, 0.717) is 17.9 Å². The largest absolute Gasteiger partial charge is 0.478 e. The van der Waals surface area contributed by atoms with Crippen molar-refractivity contribution in [2.24, 2.45) is 5.92 Å². The zero-order valence-corrected chi connectivity index (χ0v) is 6.71. The standard InChI is InChI=1S/C8H9ClO2/c9-5-6-2-1-3-7(4-6)8(10)11/h1-3,6H,4-5H2,(H,10,11). The second-order valence-electron chi connectivity index (χ2n) is 2.50. The zero-order chi connectivity index (χ0) is 8.27. The van der Waals surface area contributed by atoms with Gasteiger partial charge in [-0.05, 0) is 12.3 Å². The Hall–Kier alpha value is -0.760. The van der Waals surface area contributed by atoms with E-state index in [1.165, 1.54) is 0 Å². The summed E-state index contributed by atoms with van der Waals surface area (Å²) in [6.07, 6.45) is 5.85. The molecule has 0 aromatic rings. The molecule has 0 aliphatic heterocycles. The fourth-order valence-corrected chi connectivity index (χ4v) is 1.22. The maximum Gasteiger partial charge on any atom is 0.331 e. The molecule has 1 rings (SSSR count). The lowest BCUT2D eigenvalue weighted by molar-refractivity contribution is -0.132. The lowest BCUT2D eigenvalue weighted by Crippen LogP contribution is -2.09. The Morgan fingerprint density at radius 1 is 1.82 bits per heavy atom. The summed E-state index contributed by atoms with van der Waals surface area (Å²) in [5.41, 5.74) is 0.443. The van der Waals surface area contributed by atoms with Crippen molar-refractivity contribution in [1.29, 1.82) is 0 Å². The number of alkyl halides is 1. The molecule has 0 bridgehead atoms. The zero-order valence-electron chi connectivity index (χ0n) is 5.96. The second-order valence-corrected chi connectivity index (χ2v) is 2.81. The van der Waals surface area contributed by atoms with E-state index in [2.05, 4.69) is 0 Å². The Kier molecular flexibility index (Phi) is 2.71. The first-order valence-electron chi connectivity index (χ1n) is 3.40. The van der Waals surface area contributed by atoms with Crippen molar-refractivity contribution >= 4 is 17.6 Å². The quantitative estimate of drug-likeness (QED) is 0.646. The summed E-state index contributed by atoms with van der Waals surface area (Å²) in [7, 11) is 0. The molecule has 1 atom stereocenters. The summed E-state index contributed by atoms with van der Waals surface area (Å²) in [6.45, 7) is 0. The van der Waals surface area contributed by atoms with E-state index < -0.39 is 5.97 Å². The summed E-state index contributed by atoms with van der Waals surface area (Å²) >= 11 is 5.58. The van der Waals surface area contributed by atoms with Crippen LogP contribution < -0.4 is 0 Å². The number of allylic oxidation sites excluding steroid dienone is 3. The van der Waals surface area contributed by atoms with Gasteiger partial charge < -0.3 is 5.11 Å². The summed E-state index contributed by atoms with van der Waals surface area (Å²) in [5.74, 6) is -0.168. The molecule has 2 nitrogen and oxygen atoms in total. The van der Waals surface area contributed by atoms with Crippen LogP contribution in [0.2, 0.25) is 0 Å². The van der Waals surface area contributed by atoms with Gasteiger partial charge in [0.1, 0.15) is 0 Å². The average Bonchev–Trinajstić information content (AvgIpc) is 2.05. The third-order valence-corrected chi connectivity index (χ3v) is 2.03. The minimum absolute atomic E-state index is 0.188. The maximum absolute atomic E-state index is 10.5. The third-order valence-electron chi connectivity index (χ3n) is 1.64. The van der Waals surface area contributed by atoms with E-state index in [9.17, 15) is 4.79 Å². The third kappa shape index (κ3) is 2.09. The molecule has 0 aromatic carbocycles. The molecule has 1 unspecified atom stereocenters. The molecule has 0 radical (unpaired) electrons. The number of aliphatic carboxylic acids is 1. The normalized spacial score (nSPS) is 23.0. The lowest BCUT2D eigenvalue weighted by atomic mass is 9.96. The van der Waals surface area contributed by atoms with Crippen LogP contribution >= 0.6 is 11.6 Å². The van der Waals surface area contributed by atoms with Gasteiger partial charge in [-0.1, -0.05) is 18.2 Å². The van der Waals surface area contributed by atoms with Crippen LogP contribution in [0.25, 0.3) is 0 Å². The van der Waals surface area contributed by atoms with Crippen LogP contribution in [0.3, 0.4) is 0 Å². The number of hydrogen-bond acceptors (Lipinski definition) is 1. The molecule has 0 heterocycles. The van der Waals surface area contributed by atoms with Gasteiger partial charge in [0.15, 0.2) is 0 Å². The molecule has 0 saturated heterocycles. The summed E-state index contributed by atoms with van der Waals surface area (Å²) < 4.78 is 0. The van der Waals surface area contributed by atoms with Crippen LogP contribution in [-0.2, 0) is 4.79 Å². The van der Waals surface area contributed by atoms with E-state index in [-0.39, 0.29) is 5.92 Å². The van der Waals surface area contributed by atoms with Crippen LogP contribution in [0.5, 0.6) is 0 Å². The van der Waals surface area contributed by atoms with Crippen molar-refractivity contribution in [3.8, 4) is 0 Å². The van der Waals surface area contributed by atoms with E-state index in [4.69, 9.17) is 16.7 Å². The first-order chi connectivity index (χ1) is 5.24. The lowest BCUT2D eigenvalue weighted by Gasteiger charge is -2.12. The van der Waals surface area contributed by atoms with Crippen LogP contribution in [0.1, 0.15) is 6.42 Å². The molecule has 0 saturated carbocycles. The SMILES string of the molecule is O=C(O)C1=CC=CC(CCl)C1. The highest BCUT2D eigenvalue weighted by molar-refractivity contribution is 6.18. The summed E-state index contributed by atoms with van der Waals surface area (Å²) in [4.78, 5) is 10.5. The van der Waals surface area contributed by atoms with Crippen LogP contribution in [0, 0.1) is 5.92 Å². The van der Waals surface area contributed by atoms with Gasteiger partial charge >= 0.3 is 5.97 Å². The second kappa shape index (κ2) is 3.58. The van der Waals surface area contributed by atoms with E-state index in [1.807, 2.05) is 6.08 Å². The summed E-state index contributed by atoms with van der Waals surface area (Å²) in [5, 5.41) is 8.61. The molecule has 0 aromatic heterocycles. The van der Waals surface area contributed by atoms with Crippen molar-refractivity contribution in [2.75, 3.05) is 5.88 Å². The first kappa shape index (κ1) is 8.34. The number of carboxylic acids is 1. The van der Waals surface area contributed by atoms with Crippen molar-refractivity contribution in [3.63, 3.8) is 0 Å². The predicted octanol–water partition coefficient (Wildman–Crippen LogP) is 1.81. The average molecular weight is 173 g/mol. The fraction of sp³-hybridized carbons (Fsp3) is 0.375. The minimum Gasteiger partial charge on any atom is -0.478 e. The van der Waals surface area contributed by atoms with Crippen LogP contribution in [0.4, 0.5) is 0 Å². The monoisotopic (exact) mass is 172 g/mol. The molecular formula is C8H9ClO2. The molecule has 0 spiro atoms. The highest BCUT2D eigenvalue weighted by Gasteiger charge is 2.14. The Balaban J connectivity index is 2.64. The number of rotatable bonds is 2. The smallest absolute Gasteiger partial charge is 0.331 e. The van der Waals surface area contributed by atoms with Gasteiger partial charge in [-0.2, -0.15) is 0 Å². The molecule has 60 valence electrons. The molecule has 3 heteroatoms. The topological polar surface area (TPSA) is 37.3 Å². The van der Waals surface area contributed by atoms with Gasteiger partial charge in [-0.3, -0.25) is 0 Å². The molecular weight excluding hydrogens is 164 g/mol. The van der Waals surface area contributed by atoms with Crippen molar-refractivity contribution < 1.29 is 9.90 Å². The van der Waals surface area contributed by atoms with Crippen LogP contribution in [0.15, 0.2) is 23.8 Å². The van der Waals surface area contributed by atoms with Crippen molar-refractivity contribution in [3.05, 3.63) is 23.8 Å². The fourth-order valence-electron chi connectivity index (χ4n) is 1.01. The molecule has 0 fully saturated rings. The van der Waals surface area contributed by atoms with Crippen molar-refractivity contribution in [1.82, 2.24) is 0 Å². The Morgan fingerprint density at radius 3 is 3.09 bits per heavy atom. The van der Waals surface area contributed by atoms with Gasteiger partial charge in [-0.25, -0.2) is 4.79 Å². The molecule has 11 heavy (non-hydrogen) atoms. The Morgan fingerprint density at radius 2 is 2.55 bits per heavy atom. The van der Waals surface area contributed by atoms with Gasteiger partial charge in [-0.15, -0.1) is 11.6 Å². The van der Waals surface area contributed by atoms with Gasteiger partial charge in [0, 0.05) is 11.5 Å². The summed E-state index contributed by atoms with van der Waals surface area (Å²) in [6, 6.07) is 0. The molecule has 0 amide bonds. The minimum atomic E-state index is -0.843. The van der Waals surface area contributed by atoms with E-state index >= 15 is 0 Å². The van der Waals surface area contributed by atoms with Gasteiger partial charge in [0.2, 0.25) is 0 Å². The maximum atomic E-state index is 10.5. The predicted molar refractivity (Wildman–Crippen MR) is 43.7 cm³/mol. The van der Waals surface area contributed by atoms with Gasteiger partial charge in [0.05, 0.1) is 0 Å². The van der Waals surface area contributed by atoms with Crippen molar-refractivity contribution in [2.45, 2.75) is 6.42 Å². The molecule has 1 aliphatic carbocycles. The van der Waals surface area contributed by atoms with E-state index in [0.717, 1.165) is 0 Å². The number of carbonyl (C=O) groups is 1. The highest BCUT2D eigenvalue weighted by atomic mass is 35.5. The molecule has 1 N–H and O–H groups in total. The molecule has 1 aliphatic rings. The van der Waals surface area contributed by atoms with Gasteiger partial charge in [0.25, 0.3) is 0 Å². The Bertz CT molecular complexity index is 218.